The molecule has 2 unspecified atom stereocenters. The third kappa shape index (κ3) is 4.59. The molecule has 1 fully saturated rings. The molecule has 0 aliphatic carbocycles. The molecule has 2 aromatic rings. The van der Waals surface area contributed by atoms with Crippen molar-refractivity contribution in [2.75, 3.05) is 26.7 Å². The highest BCUT2D eigenvalue weighted by Gasteiger charge is 2.33. The molecule has 0 aromatic heterocycles. The van der Waals surface area contributed by atoms with Crippen LogP contribution in [0.25, 0.3) is 0 Å². The Labute approximate surface area is 177 Å². The largest absolute Gasteiger partial charge is 0.497 e. The smallest absolute Gasteiger partial charge is 0.219 e. The topological polar surface area (TPSA) is 42.0 Å². The van der Waals surface area contributed by atoms with Crippen LogP contribution in [-0.4, -0.2) is 48.6 Å². The van der Waals surface area contributed by atoms with E-state index in [1.165, 1.54) is 6.07 Å². The Bertz CT molecular complexity index is 904. The normalized spacial score (nSPS) is 22.0. The quantitative estimate of drug-likeness (QED) is 0.765. The number of carbonyl (C=O) groups is 1. The van der Waals surface area contributed by atoms with Crippen molar-refractivity contribution in [3.63, 3.8) is 0 Å². The molecule has 0 N–H and O–H groups in total. The molecular formula is C24H29FN2O3. The van der Waals surface area contributed by atoms with Crippen molar-refractivity contribution in [3.8, 4) is 11.5 Å². The number of carbonyl (C=O) groups excluding carboxylic acids is 1. The lowest BCUT2D eigenvalue weighted by atomic mass is 9.91. The number of ether oxygens (including phenoxy) is 2. The maximum Gasteiger partial charge on any atom is 0.219 e. The van der Waals surface area contributed by atoms with Crippen molar-refractivity contribution in [2.24, 2.45) is 5.92 Å². The van der Waals surface area contributed by atoms with E-state index in [4.69, 9.17) is 9.47 Å². The molecule has 2 aliphatic rings. The molecule has 2 heterocycles. The molecule has 1 amide bonds. The molecule has 5 nitrogen and oxygen atoms in total. The summed E-state index contributed by atoms with van der Waals surface area (Å²) < 4.78 is 25.9. The molecule has 0 radical (unpaired) electrons. The monoisotopic (exact) mass is 412 g/mol. The summed E-state index contributed by atoms with van der Waals surface area (Å²) in [7, 11) is 1.64. The Hall–Kier alpha value is -2.60. The number of hydrogen-bond donors (Lipinski definition) is 0. The summed E-state index contributed by atoms with van der Waals surface area (Å²) in [6, 6.07) is 12.7. The van der Waals surface area contributed by atoms with E-state index in [-0.39, 0.29) is 23.7 Å². The van der Waals surface area contributed by atoms with Gasteiger partial charge < -0.3 is 14.4 Å². The molecule has 2 atom stereocenters. The molecule has 4 rings (SSSR count). The summed E-state index contributed by atoms with van der Waals surface area (Å²) >= 11 is 0. The van der Waals surface area contributed by atoms with Crippen LogP contribution in [0.4, 0.5) is 4.39 Å². The van der Waals surface area contributed by atoms with Gasteiger partial charge in [0.15, 0.2) is 0 Å². The fourth-order valence-corrected chi connectivity index (χ4v) is 4.50. The SMILES string of the molecule is COc1ccc2c(c1)CN(C(C)=O)CC(C1CCCN(Cc3ccccc3F)C1)O2. The number of nitrogens with zero attached hydrogens (tertiary/aromatic N) is 2. The van der Waals surface area contributed by atoms with Crippen LogP contribution in [0.3, 0.4) is 0 Å². The van der Waals surface area contributed by atoms with Gasteiger partial charge in [-0.1, -0.05) is 18.2 Å². The van der Waals surface area contributed by atoms with Crippen LogP contribution in [0.1, 0.15) is 30.9 Å². The second kappa shape index (κ2) is 9.04. The van der Waals surface area contributed by atoms with Crippen molar-refractivity contribution < 1.29 is 18.7 Å². The molecule has 6 heteroatoms. The second-order valence-electron chi connectivity index (χ2n) is 8.26. The highest BCUT2D eigenvalue weighted by atomic mass is 19.1. The van der Waals surface area contributed by atoms with Crippen LogP contribution in [0, 0.1) is 11.7 Å². The standard InChI is InChI=1S/C24H29FN2O3/c1-17(28)27-15-20-12-21(29-2)9-10-23(20)30-24(16-27)19-7-5-11-26(14-19)13-18-6-3-4-8-22(18)25/h3-4,6,8-10,12,19,24H,5,7,11,13-16H2,1-2H3. The zero-order valence-corrected chi connectivity index (χ0v) is 17.6. The first-order valence-electron chi connectivity index (χ1n) is 10.6. The van der Waals surface area contributed by atoms with Crippen LogP contribution in [0.2, 0.25) is 0 Å². The van der Waals surface area contributed by atoms with Crippen molar-refractivity contribution in [2.45, 2.75) is 39.0 Å². The first-order chi connectivity index (χ1) is 14.5. The predicted octanol–water partition coefficient (Wildman–Crippen LogP) is 3.86. The first kappa shape index (κ1) is 20.7. The number of benzene rings is 2. The van der Waals surface area contributed by atoms with E-state index in [0.29, 0.717) is 19.6 Å². The number of fused-ring (bicyclic) bond motifs is 1. The van der Waals surface area contributed by atoms with Gasteiger partial charge in [-0.25, -0.2) is 4.39 Å². The molecular weight excluding hydrogens is 383 g/mol. The minimum absolute atomic E-state index is 0.0401. The molecule has 0 bridgehead atoms. The molecule has 0 saturated carbocycles. The molecule has 0 spiro atoms. The lowest BCUT2D eigenvalue weighted by Gasteiger charge is -2.37. The van der Waals surface area contributed by atoms with E-state index >= 15 is 0 Å². The highest BCUT2D eigenvalue weighted by molar-refractivity contribution is 5.73. The number of rotatable bonds is 4. The van der Waals surface area contributed by atoms with E-state index < -0.39 is 0 Å². The van der Waals surface area contributed by atoms with Gasteiger partial charge in [-0.05, 0) is 43.7 Å². The second-order valence-corrected chi connectivity index (χ2v) is 8.26. The predicted molar refractivity (Wildman–Crippen MR) is 113 cm³/mol. The summed E-state index contributed by atoms with van der Waals surface area (Å²) in [5.74, 6) is 1.73. The van der Waals surface area contributed by atoms with Crippen LogP contribution >= 0.6 is 0 Å². The molecule has 1 saturated heterocycles. The van der Waals surface area contributed by atoms with E-state index in [0.717, 1.165) is 48.6 Å². The summed E-state index contributed by atoms with van der Waals surface area (Å²) in [4.78, 5) is 16.4. The summed E-state index contributed by atoms with van der Waals surface area (Å²) in [5, 5.41) is 0. The van der Waals surface area contributed by atoms with Gasteiger partial charge in [0, 0.05) is 43.6 Å². The Morgan fingerprint density at radius 3 is 2.83 bits per heavy atom. The Morgan fingerprint density at radius 1 is 1.23 bits per heavy atom. The summed E-state index contributed by atoms with van der Waals surface area (Å²) in [5.41, 5.74) is 1.69. The van der Waals surface area contributed by atoms with Crippen LogP contribution < -0.4 is 9.47 Å². The lowest BCUT2D eigenvalue weighted by molar-refractivity contribution is -0.130. The van der Waals surface area contributed by atoms with Gasteiger partial charge in [-0.15, -0.1) is 0 Å². The number of halogens is 1. The van der Waals surface area contributed by atoms with E-state index in [1.807, 2.05) is 35.2 Å². The van der Waals surface area contributed by atoms with Crippen LogP contribution in [0.5, 0.6) is 11.5 Å². The number of amides is 1. The van der Waals surface area contributed by atoms with Gasteiger partial charge in [0.2, 0.25) is 5.91 Å². The fourth-order valence-electron chi connectivity index (χ4n) is 4.50. The molecule has 2 aromatic carbocycles. The van der Waals surface area contributed by atoms with Gasteiger partial charge in [0.05, 0.1) is 13.7 Å². The average Bonchev–Trinajstić information content (AvgIpc) is 2.95. The summed E-state index contributed by atoms with van der Waals surface area (Å²) in [6.07, 6.45) is 1.98. The van der Waals surface area contributed by atoms with Crippen LogP contribution in [-0.2, 0) is 17.9 Å². The van der Waals surface area contributed by atoms with Crippen molar-refractivity contribution in [1.29, 1.82) is 0 Å². The van der Waals surface area contributed by atoms with Gasteiger partial charge in [-0.2, -0.15) is 0 Å². The lowest BCUT2D eigenvalue weighted by Crippen LogP contribution is -2.46. The Balaban J connectivity index is 1.52. The Kier molecular flexibility index (Phi) is 6.23. The van der Waals surface area contributed by atoms with Gasteiger partial charge in [-0.3, -0.25) is 9.69 Å². The maximum atomic E-state index is 14.1. The van der Waals surface area contributed by atoms with Crippen molar-refractivity contribution >= 4 is 5.91 Å². The average molecular weight is 413 g/mol. The van der Waals surface area contributed by atoms with E-state index in [2.05, 4.69) is 4.90 Å². The third-order valence-corrected chi connectivity index (χ3v) is 6.17. The minimum Gasteiger partial charge on any atom is -0.497 e. The number of piperidine rings is 1. The van der Waals surface area contributed by atoms with Crippen LogP contribution in [0.15, 0.2) is 42.5 Å². The van der Waals surface area contributed by atoms with Crippen molar-refractivity contribution in [3.05, 3.63) is 59.4 Å². The summed E-state index contributed by atoms with van der Waals surface area (Å²) in [6.45, 7) is 5.06. The molecule has 160 valence electrons. The number of hydrogen-bond acceptors (Lipinski definition) is 4. The Morgan fingerprint density at radius 2 is 2.07 bits per heavy atom. The highest BCUT2D eigenvalue weighted by Crippen LogP contribution is 2.33. The fraction of sp³-hybridized carbons (Fsp3) is 0.458. The first-order valence-corrected chi connectivity index (χ1v) is 10.6. The number of methoxy groups -OCH3 is 1. The minimum atomic E-state index is -0.157. The third-order valence-electron chi connectivity index (χ3n) is 6.17. The van der Waals surface area contributed by atoms with Gasteiger partial charge in [0.1, 0.15) is 23.4 Å². The zero-order valence-electron chi connectivity index (χ0n) is 17.6. The van der Waals surface area contributed by atoms with Crippen molar-refractivity contribution in [1.82, 2.24) is 9.80 Å². The number of likely N-dealkylation sites (tertiary alicyclic amines) is 1. The van der Waals surface area contributed by atoms with E-state index in [9.17, 15) is 9.18 Å². The zero-order chi connectivity index (χ0) is 21.1. The maximum absolute atomic E-state index is 14.1. The molecule has 2 aliphatic heterocycles. The van der Waals surface area contributed by atoms with E-state index in [1.54, 1.807) is 20.1 Å². The molecule has 30 heavy (non-hydrogen) atoms. The van der Waals surface area contributed by atoms with Gasteiger partial charge >= 0.3 is 0 Å². The van der Waals surface area contributed by atoms with Gasteiger partial charge in [0.25, 0.3) is 0 Å².